The second-order valence-corrected chi connectivity index (χ2v) is 5.54. The minimum absolute atomic E-state index is 0.372. The van der Waals surface area contributed by atoms with Crippen molar-refractivity contribution in [2.75, 3.05) is 33.4 Å². The summed E-state index contributed by atoms with van der Waals surface area (Å²) in [6.45, 7) is 8.43. The van der Waals surface area contributed by atoms with E-state index in [0.29, 0.717) is 12.2 Å². The van der Waals surface area contributed by atoms with E-state index in [1.165, 1.54) is 0 Å². The number of morpholine rings is 1. The molecule has 0 spiro atoms. The molecule has 112 valence electrons. The molecule has 0 bridgehead atoms. The van der Waals surface area contributed by atoms with Crippen molar-refractivity contribution in [3.63, 3.8) is 0 Å². The molecule has 0 aliphatic carbocycles. The second-order valence-electron chi connectivity index (χ2n) is 5.54. The van der Waals surface area contributed by atoms with Crippen molar-refractivity contribution in [1.82, 2.24) is 0 Å². The van der Waals surface area contributed by atoms with E-state index < -0.39 is 0 Å². The Hall–Kier alpha value is -1.26. The van der Waals surface area contributed by atoms with Crippen LogP contribution in [0.3, 0.4) is 0 Å². The van der Waals surface area contributed by atoms with Gasteiger partial charge in [-0.15, -0.1) is 0 Å². The third kappa shape index (κ3) is 4.69. The lowest BCUT2D eigenvalue weighted by molar-refractivity contribution is -0.915. The highest BCUT2D eigenvalue weighted by Gasteiger charge is 2.24. The SMILES string of the molecule is COc1ccc(OCCC[NH+]2C[C@@H](C)O[C@H](C)C2)cc1. The Labute approximate surface area is 121 Å². The normalized spacial score (nSPS) is 26.2. The molecule has 1 N–H and O–H groups in total. The van der Waals surface area contributed by atoms with Gasteiger partial charge in [-0.05, 0) is 38.1 Å². The molecule has 0 radical (unpaired) electrons. The third-order valence-corrected chi connectivity index (χ3v) is 3.62. The molecule has 0 aromatic heterocycles. The van der Waals surface area contributed by atoms with Crippen LogP contribution in [0.2, 0.25) is 0 Å². The fraction of sp³-hybridized carbons (Fsp3) is 0.625. The Bertz CT molecular complexity index is 383. The number of ether oxygens (including phenoxy) is 3. The van der Waals surface area contributed by atoms with Gasteiger partial charge in [0.1, 0.15) is 36.8 Å². The van der Waals surface area contributed by atoms with Crippen LogP contribution in [0.5, 0.6) is 11.5 Å². The standard InChI is InChI=1S/C16H25NO3/c1-13-11-17(12-14(2)20-13)9-4-10-19-16-7-5-15(18-3)6-8-16/h5-8,13-14H,4,9-12H2,1-3H3/p+1/t13-,14-/m1/s1. The maximum Gasteiger partial charge on any atom is 0.119 e. The monoisotopic (exact) mass is 280 g/mol. The Kier molecular flexibility index (Phi) is 5.68. The van der Waals surface area contributed by atoms with Gasteiger partial charge in [0.05, 0.1) is 20.3 Å². The highest BCUT2D eigenvalue weighted by Crippen LogP contribution is 2.16. The highest BCUT2D eigenvalue weighted by atomic mass is 16.5. The first kappa shape index (κ1) is 15.1. The summed E-state index contributed by atoms with van der Waals surface area (Å²) in [5, 5.41) is 0. The molecule has 1 aromatic carbocycles. The van der Waals surface area contributed by atoms with E-state index in [0.717, 1.165) is 44.2 Å². The summed E-state index contributed by atoms with van der Waals surface area (Å²) < 4.78 is 16.6. The van der Waals surface area contributed by atoms with Crippen LogP contribution in [0.25, 0.3) is 0 Å². The van der Waals surface area contributed by atoms with Crippen molar-refractivity contribution in [1.29, 1.82) is 0 Å². The number of nitrogens with one attached hydrogen (secondary N) is 1. The molecular formula is C16H26NO3+. The smallest absolute Gasteiger partial charge is 0.119 e. The Morgan fingerprint density at radius 3 is 2.30 bits per heavy atom. The molecular weight excluding hydrogens is 254 g/mol. The highest BCUT2D eigenvalue weighted by molar-refractivity contribution is 5.31. The summed E-state index contributed by atoms with van der Waals surface area (Å²) in [5.74, 6) is 1.77. The molecule has 0 amide bonds. The number of hydrogen-bond donors (Lipinski definition) is 1. The molecule has 2 rings (SSSR count). The van der Waals surface area contributed by atoms with Crippen LogP contribution in [-0.4, -0.2) is 45.6 Å². The predicted molar refractivity (Wildman–Crippen MR) is 78.7 cm³/mol. The Morgan fingerprint density at radius 2 is 1.70 bits per heavy atom. The van der Waals surface area contributed by atoms with Gasteiger partial charge in [0, 0.05) is 6.42 Å². The van der Waals surface area contributed by atoms with Gasteiger partial charge in [0.25, 0.3) is 0 Å². The summed E-state index contributed by atoms with van der Waals surface area (Å²) in [5.41, 5.74) is 0. The first-order chi connectivity index (χ1) is 9.67. The fourth-order valence-corrected chi connectivity index (χ4v) is 2.78. The summed E-state index contributed by atoms with van der Waals surface area (Å²) in [6, 6.07) is 7.74. The van der Waals surface area contributed by atoms with E-state index in [4.69, 9.17) is 14.2 Å². The van der Waals surface area contributed by atoms with Crippen molar-refractivity contribution in [3.05, 3.63) is 24.3 Å². The van der Waals surface area contributed by atoms with Crippen LogP contribution in [0.4, 0.5) is 0 Å². The van der Waals surface area contributed by atoms with Crippen LogP contribution >= 0.6 is 0 Å². The van der Waals surface area contributed by atoms with Crippen molar-refractivity contribution < 1.29 is 19.1 Å². The quantitative estimate of drug-likeness (QED) is 0.794. The Balaban J connectivity index is 1.65. The molecule has 1 fully saturated rings. The molecule has 1 saturated heterocycles. The molecule has 1 aromatic rings. The van der Waals surface area contributed by atoms with Gasteiger partial charge in [-0.3, -0.25) is 0 Å². The van der Waals surface area contributed by atoms with E-state index >= 15 is 0 Å². The molecule has 1 aliphatic heterocycles. The summed E-state index contributed by atoms with van der Waals surface area (Å²) >= 11 is 0. The van der Waals surface area contributed by atoms with Crippen molar-refractivity contribution in [2.24, 2.45) is 0 Å². The number of quaternary nitrogens is 1. The number of methoxy groups -OCH3 is 1. The van der Waals surface area contributed by atoms with Crippen molar-refractivity contribution >= 4 is 0 Å². The molecule has 0 unspecified atom stereocenters. The number of hydrogen-bond acceptors (Lipinski definition) is 3. The molecule has 4 heteroatoms. The third-order valence-electron chi connectivity index (χ3n) is 3.62. The van der Waals surface area contributed by atoms with Crippen molar-refractivity contribution in [2.45, 2.75) is 32.5 Å². The van der Waals surface area contributed by atoms with Gasteiger partial charge in [0.2, 0.25) is 0 Å². The molecule has 1 aliphatic rings. The van der Waals surface area contributed by atoms with Crippen LogP contribution in [-0.2, 0) is 4.74 Å². The van der Waals surface area contributed by atoms with Gasteiger partial charge in [-0.1, -0.05) is 0 Å². The van der Waals surface area contributed by atoms with Gasteiger partial charge < -0.3 is 19.1 Å². The van der Waals surface area contributed by atoms with E-state index in [1.807, 2.05) is 24.3 Å². The maximum atomic E-state index is 5.75. The molecule has 20 heavy (non-hydrogen) atoms. The maximum absolute atomic E-state index is 5.75. The second kappa shape index (κ2) is 7.50. The van der Waals surface area contributed by atoms with E-state index in [1.54, 1.807) is 12.0 Å². The Morgan fingerprint density at radius 1 is 1.10 bits per heavy atom. The van der Waals surface area contributed by atoms with E-state index in [-0.39, 0.29) is 0 Å². The van der Waals surface area contributed by atoms with Crippen LogP contribution < -0.4 is 14.4 Å². The summed E-state index contributed by atoms with van der Waals surface area (Å²) in [7, 11) is 1.67. The average molecular weight is 280 g/mol. The van der Waals surface area contributed by atoms with Gasteiger partial charge in [-0.2, -0.15) is 0 Å². The van der Waals surface area contributed by atoms with Crippen LogP contribution in [0.1, 0.15) is 20.3 Å². The van der Waals surface area contributed by atoms with Gasteiger partial charge in [0.15, 0.2) is 0 Å². The van der Waals surface area contributed by atoms with E-state index in [2.05, 4.69) is 13.8 Å². The van der Waals surface area contributed by atoms with Gasteiger partial charge >= 0.3 is 0 Å². The fourth-order valence-electron chi connectivity index (χ4n) is 2.78. The van der Waals surface area contributed by atoms with Crippen LogP contribution in [0.15, 0.2) is 24.3 Å². The summed E-state index contributed by atoms with van der Waals surface area (Å²) in [4.78, 5) is 1.62. The van der Waals surface area contributed by atoms with Gasteiger partial charge in [-0.25, -0.2) is 0 Å². The first-order valence-corrected chi connectivity index (χ1v) is 7.43. The molecule has 2 atom stereocenters. The van der Waals surface area contributed by atoms with E-state index in [9.17, 15) is 0 Å². The largest absolute Gasteiger partial charge is 0.497 e. The lowest BCUT2D eigenvalue weighted by Crippen LogP contribution is -3.15. The molecule has 4 nitrogen and oxygen atoms in total. The summed E-state index contributed by atoms with van der Waals surface area (Å²) in [6.07, 6.45) is 1.81. The lowest BCUT2D eigenvalue weighted by atomic mass is 10.2. The minimum atomic E-state index is 0.372. The average Bonchev–Trinajstić information content (AvgIpc) is 2.43. The lowest BCUT2D eigenvalue weighted by Gasteiger charge is -2.32. The first-order valence-electron chi connectivity index (χ1n) is 7.43. The van der Waals surface area contributed by atoms with Crippen molar-refractivity contribution in [3.8, 4) is 11.5 Å². The zero-order valence-electron chi connectivity index (χ0n) is 12.7. The number of rotatable bonds is 6. The zero-order chi connectivity index (χ0) is 14.4. The number of benzene rings is 1. The van der Waals surface area contributed by atoms with Crippen LogP contribution in [0, 0.1) is 0 Å². The molecule has 1 heterocycles. The topological polar surface area (TPSA) is 32.1 Å². The zero-order valence-corrected chi connectivity index (χ0v) is 12.7. The molecule has 0 saturated carbocycles. The minimum Gasteiger partial charge on any atom is -0.497 e. The predicted octanol–water partition coefficient (Wildman–Crippen LogP) is 1.16.